The van der Waals surface area contributed by atoms with Gasteiger partial charge >= 0.3 is 5.97 Å². The molecule has 2 aliphatic heterocycles. The Morgan fingerprint density at radius 2 is 1.91 bits per heavy atom. The fourth-order valence-electron chi connectivity index (χ4n) is 5.23. The smallest absolute Gasteiger partial charge is 0.328 e. The molecule has 0 radical (unpaired) electrons. The Bertz CT molecular complexity index is 1480. The number of amides is 3. The van der Waals surface area contributed by atoms with Crippen molar-refractivity contribution in [1.82, 2.24) is 15.5 Å². The molecule has 5 rings (SSSR count). The Labute approximate surface area is 251 Å². The molecule has 2 aliphatic rings. The van der Waals surface area contributed by atoms with Gasteiger partial charge in [0.05, 0.1) is 23.9 Å². The van der Waals surface area contributed by atoms with Gasteiger partial charge in [-0.05, 0) is 53.1 Å². The molecule has 3 aromatic rings. The van der Waals surface area contributed by atoms with Gasteiger partial charge in [0.25, 0.3) is 5.91 Å². The number of carbonyl (C=O) groups is 4. The van der Waals surface area contributed by atoms with Gasteiger partial charge in [-0.2, -0.15) is 0 Å². The van der Waals surface area contributed by atoms with Crippen molar-refractivity contribution in [2.45, 2.75) is 43.8 Å². The lowest BCUT2D eigenvalue weighted by atomic mass is 10.1. The monoisotopic (exact) mass is 609 g/mol. The van der Waals surface area contributed by atoms with Gasteiger partial charge in [0.2, 0.25) is 11.8 Å². The second-order valence-electron chi connectivity index (χ2n) is 10.6. The summed E-state index contributed by atoms with van der Waals surface area (Å²) in [6.07, 6.45) is 1.15. The predicted octanol–water partition coefficient (Wildman–Crippen LogP) is 3.25. The highest BCUT2D eigenvalue weighted by molar-refractivity contribution is 7.12. The molecule has 0 spiro atoms. The summed E-state index contributed by atoms with van der Waals surface area (Å²) >= 11 is 1.11. The first kappa shape index (κ1) is 30.2. The van der Waals surface area contributed by atoms with Crippen molar-refractivity contribution < 1.29 is 38.1 Å². The van der Waals surface area contributed by atoms with E-state index in [0.717, 1.165) is 16.9 Å². The Hall–Kier alpha value is -4.29. The van der Waals surface area contributed by atoms with E-state index in [1.807, 2.05) is 30.3 Å². The number of aliphatic carboxylic acids is 1. The summed E-state index contributed by atoms with van der Waals surface area (Å²) in [5.41, 5.74) is 1.93. The Morgan fingerprint density at radius 1 is 1.09 bits per heavy atom. The first-order chi connectivity index (χ1) is 20.7. The first-order valence-corrected chi connectivity index (χ1v) is 14.9. The van der Waals surface area contributed by atoms with Crippen molar-refractivity contribution in [3.8, 4) is 16.9 Å². The summed E-state index contributed by atoms with van der Waals surface area (Å²) in [5, 5.41) is 16.7. The Balaban J connectivity index is 1.34. The van der Waals surface area contributed by atoms with Crippen LogP contribution in [0.4, 0.5) is 4.39 Å². The van der Waals surface area contributed by atoms with E-state index in [2.05, 4.69) is 10.6 Å². The minimum atomic E-state index is -1.28. The quantitative estimate of drug-likeness (QED) is 0.414. The number of carboxylic acid groups (broad SMARTS) is 1. The topological polar surface area (TPSA) is 134 Å². The molecule has 3 N–H and O–H groups in total. The van der Waals surface area contributed by atoms with E-state index in [-0.39, 0.29) is 67.2 Å². The molecule has 4 bridgehead atoms. The van der Waals surface area contributed by atoms with Gasteiger partial charge in [-0.1, -0.05) is 30.3 Å². The van der Waals surface area contributed by atoms with Crippen LogP contribution in [0.25, 0.3) is 11.1 Å². The third-order valence-electron chi connectivity index (χ3n) is 7.34. The molecule has 3 atom stereocenters. The van der Waals surface area contributed by atoms with E-state index in [4.69, 9.17) is 9.47 Å². The molecule has 226 valence electrons. The number of ether oxygens (including phenoxy) is 2. The van der Waals surface area contributed by atoms with E-state index < -0.39 is 23.7 Å². The molecule has 0 saturated carbocycles. The standard InChI is InChI=1S/C31H32FN3O7S/c32-22-10-20-11-25(13-22)42-16-24-14-23(33-28(36)9-19-5-2-1-3-6-19)15-35(24)29(37)7-4-8-41-17-26(31(39)40)34-30(38)27-12-21(20)18-43-27/h1-3,5-6,10-13,18,23-24,26H,4,7-9,14-17H2,(H,33,36)(H,34,38)(H,39,40)/t23-,24-,26-/m0/s1. The molecule has 43 heavy (non-hydrogen) atoms. The number of nitrogens with zero attached hydrogens (tertiary/aromatic N) is 1. The molecule has 12 heteroatoms. The highest BCUT2D eigenvalue weighted by Gasteiger charge is 2.36. The van der Waals surface area contributed by atoms with Crippen LogP contribution in [0.1, 0.15) is 34.5 Å². The van der Waals surface area contributed by atoms with Crippen LogP contribution in [0, 0.1) is 5.82 Å². The van der Waals surface area contributed by atoms with Gasteiger partial charge in [-0.3, -0.25) is 14.4 Å². The maximum absolute atomic E-state index is 14.6. The molecule has 1 saturated heterocycles. The highest BCUT2D eigenvalue weighted by Crippen LogP contribution is 2.30. The van der Waals surface area contributed by atoms with Crippen LogP contribution in [0.15, 0.2) is 60.0 Å². The molecule has 1 aromatic heterocycles. The third-order valence-corrected chi connectivity index (χ3v) is 8.27. The van der Waals surface area contributed by atoms with Gasteiger partial charge in [0, 0.05) is 31.7 Å². The molecule has 3 heterocycles. The van der Waals surface area contributed by atoms with Crippen molar-refractivity contribution in [1.29, 1.82) is 0 Å². The normalized spacial score (nSPS) is 21.4. The Morgan fingerprint density at radius 3 is 2.70 bits per heavy atom. The number of nitrogens with one attached hydrogen (secondary N) is 2. The van der Waals surface area contributed by atoms with Crippen molar-refractivity contribution in [3.05, 3.63) is 76.2 Å². The number of carboxylic acids is 1. The molecule has 0 unspecified atom stereocenters. The van der Waals surface area contributed by atoms with E-state index in [0.29, 0.717) is 30.5 Å². The maximum atomic E-state index is 14.6. The molecule has 2 aromatic carbocycles. The highest BCUT2D eigenvalue weighted by atomic mass is 32.1. The number of halogens is 1. The number of hydrogen-bond acceptors (Lipinski definition) is 7. The lowest BCUT2D eigenvalue weighted by molar-refractivity contribution is -0.141. The summed E-state index contributed by atoms with van der Waals surface area (Å²) < 4.78 is 26.1. The summed E-state index contributed by atoms with van der Waals surface area (Å²) in [7, 11) is 0. The lowest BCUT2D eigenvalue weighted by Gasteiger charge is -2.25. The molecule has 0 aliphatic carbocycles. The summed E-state index contributed by atoms with van der Waals surface area (Å²) in [6, 6.07) is 13.2. The van der Waals surface area contributed by atoms with Gasteiger partial charge < -0.3 is 30.1 Å². The summed E-state index contributed by atoms with van der Waals surface area (Å²) in [4.78, 5) is 52.4. The predicted molar refractivity (Wildman–Crippen MR) is 156 cm³/mol. The van der Waals surface area contributed by atoms with Crippen LogP contribution in [0.5, 0.6) is 5.75 Å². The number of hydrogen-bond donors (Lipinski definition) is 3. The fraction of sp³-hybridized carbons (Fsp3) is 0.355. The van der Waals surface area contributed by atoms with Gasteiger partial charge in [0.1, 0.15) is 18.2 Å². The van der Waals surface area contributed by atoms with Crippen molar-refractivity contribution in [3.63, 3.8) is 0 Å². The number of fused-ring (bicyclic) bond motifs is 6. The minimum absolute atomic E-state index is 0.0910. The van der Waals surface area contributed by atoms with Gasteiger partial charge in [-0.25, -0.2) is 9.18 Å². The second kappa shape index (κ2) is 13.8. The first-order valence-electron chi connectivity index (χ1n) is 14.0. The van der Waals surface area contributed by atoms with Crippen LogP contribution < -0.4 is 15.4 Å². The van der Waals surface area contributed by atoms with Crippen LogP contribution in [-0.4, -0.2) is 78.2 Å². The van der Waals surface area contributed by atoms with Crippen molar-refractivity contribution >= 4 is 35.0 Å². The van der Waals surface area contributed by atoms with E-state index >= 15 is 0 Å². The second-order valence-corrected chi connectivity index (χ2v) is 11.5. The van der Waals surface area contributed by atoms with Crippen LogP contribution in [0.2, 0.25) is 0 Å². The average Bonchev–Trinajstić information content (AvgIpc) is 3.63. The molecule has 10 nitrogen and oxygen atoms in total. The minimum Gasteiger partial charge on any atom is -0.491 e. The third kappa shape index (κ3) is 7.96. The van der Waals surface area contributed by atoms with Gasteiger partial charge in [-0.15, -0.1) is 11.3 Å². The summed E-state index contributed by atoms with van der Waals surface area (Å²) in [6.45, 7) is 0.240. The lowest BCUT2D eigenvalue weighted by Crippen LogP contribution is -2.44. The van der Waals surface area contributed by atoms with Gasteiger partial charge in [0.15, 0.2) is 6.04 Å². The number of benzene rings is 2. The van der Waals surface area contributed by atoms with Crippen LogP contribution >= 0.6 is 11.3 Å². The number of thiophene rings is 1. The van der Waals surface area contributed by atoms with Crippen LogP contribution in [0.3, 0.4) is 0 Å². The zero-order valence-electron chi connectivity index (χ0n) is 23.3. The van der Waals surface area contributed by atoms with Crippen LogP contribution in [-0.2, 0) is 25.5 Å². The van der Waals surface area contributed by atoms with Crippen molar-refractivity contribution in [2.24, 2.45) is 0 Å². The summed E-state index contributed by atoms with van der Waals surface area (Å²) in [5.74, 6) is -2.43. The molecule has 1 fully saturated rings. The number of rotatable bonds is 4. The Kier molecular flexibility index (Phi) is 9.68. The van der Waals surface area contributed by atoms with E-state index in [9.17, 15) is 28.7 Å². The largest absolute Gasteiger partial charge is 0.491 e. The maximum Gasteiger partial charge on any atom is 0.328 e. The van der Waals surface area contributed by atoms with Crippen molar-refractivity contribution in [2.75, 3.05) is 26.4 Å². The van der Waals surface area contributed by atoms with E-state index in [1.54, 1.807) is 22.4 Å². The molecule has 3 amide bonds. The zero-order valence-corrected chi connectivity index (χ0v) is 24.1. The molecular formula is C31H32FN3O7S. The molecular weight excluding hydrogens is 577 g/mol. The van der Waals surface area contributed by atoms with E-state index in [1.165, 1.54) is 12.1 Å². The fourth-order valence-corrected chi connectivity index (χ4v) is 6.05. The average molecular weight is 610 g/mol. The zero-order chi connectivity index (χ0) is 30.3. The SMILES string of the molecule is O=C(Cc1ccccc1)N[C@H]1C[C@H]2COc3cc(F)cc(c3)-c3csc(c3)C(=O)N[C@H](C(=O)O)COCCCC(=O)N2C1. The number of carbonyl (C=O) groups excluding carboxylic acids is 3.